The Hall–Kier alpha value is -3.85. The molecule has 160 valence electrons. The molecule has 5 N–H and O–H groups in total. The van der Waals surface area contributed by atoms with Crippen molar-refractivity contribution in [2.75, 3.05) is 28.7 Å². The SMILES string of the molecule is CNc1ccc(-c2ccc(C(=O)Nc3ccc(O)c(NS(C)(=O)=O)c3)cc2)cc1C=N. The first-order valence-corrected chi connectivity index (χ1v) is 11.1. The Morgan fingerprint density at radius 1 is 0.968 bits per heavy atom. The molecule has 0 aliphatic carbocycles. The largest absolute Gasteiger partial charge is 0.506 e. The first-order chi connectivity index (χ1) is 14.7. The quantitative estimate of drug-likeness (QED) is 0.218. The Morgan fingerprint density at radius 2 is 1.65 bits per heavy atom. The maximum absolute atomic E-state index is 12.6. The van der Waals surface area contributed by atoms with E-state index in [0.717, 1.165) is 28.6 Å². The van der Waals surface area contributed by atoms with Gasteiger partial charge in [-0.2, -0.15) is 0 Å². The van der Waals surface area contributed by atoms with Crippen LogP contribution in [0.3, 0.4) is 0 Å². The third kappa shape index (κ3) is 5.40. The number of amides is 1. The summed E-state index contributed by atoms with van der Waals surface area (Å²) in [4.78, 5) is 12.6. The zero-order valence-electron chi connectivity index (χ0n) is 16.9. The van der Waals surface area contributed by atoms with Crippen LogP contribution in [0.15, 0.2) is 60.7 Å². The molecule has 0 aromatic heterocycles. The summed E-state index contributed by atoms with van der Waals surface area (Å²) < 4.78 is 25.0. The standard InChI is InChI=1S/C22H22N4O4S/c1-24-19-9-7-16(11-17(19)13-23)14-3-5-15(6-4-14)22(28)25-18-8-10-21(27)20(12-18)26-31(2,29)30/h3-13,23-24,26-27H,1-2H3,(H,25,28). The predicted molar refractivity (Wildman–Crippen MR) is 124 cm³/mol. The van der Waals surface area contributed by atoms with Crippen molar-refractivity contribution in [3.63, 3.8) is 0 Å². The number of carbonyl (C=O) groups excluding carboxylic acids is 1. The fourth-order valence-corrected chi connectivity index (χ4v) is 3.56. The van der Waals surface area contributed by atoms with E-state index >= 15 is 0 Å². The molecule has 0 radical (unpaired) electrons. The van der Waals surface area contributed by atoms with Crippen molar-refractivity contribution in [3.05, 3.63) is 71.8 Å². The molecule has 0 saturated carbocycles. The predicted octanol–water partition coefficient (Wildman–Crippen LogP) is 3.72. The van der Waals surface area contributed by atoms with Crippen LogP contribution in [0.1, 0.15) is 15.9 Å². The van der Waals surface area contributed by atoms with Gasteiger partial charge in [0.1, 0.15) is 5.75 Å². The van der Waals surface area contributed by atoms with E-state index in [2.05, 4.69) is 15.4 Å². The molecule has 0 bridgehead atoms. The van der Waals surface area contributed by atoms with Crippen molar-refractivity contribution in [2.45, 2.75) is 0 Å². The van der Waals surface area contributed by atoms with E-state index in [-0.39, 0.29) is 17.3 Å². The van der Waals surface area contributed by atoms with Gasteiger partial charge in [-0.05, 0) is 53.6 Å². The molecule has 0 atom stereocenters. The van der Waals surface area contributed by atoms with Gasteiger partial charge in [-0.1, -0.05) is 18.2 Å². The molecule has 0 heterocycles. The van der Waals surface area contributed by atoms with E-state index in [9.17, 15) is 18.3 Å². The first-order valence-electron chi connectivity index (χ1n) is 9.25. The average Bonchev–Trinajstić information content (AvgIpc) is 2.74. The lowest BCUT2D eigenvalue weighted by Gasteiger charge is -2.11. The van der Waals surface area contributed by atoms with Crippen molar-refractivity contribution in [3.8, 4) is 16.9 Å². The Morgan fingerprint density at radius 3 is 2.26 bits per heavy atom. The molecule has 0 saturated heterocycles. The van der Waals surface area contributed by atoms with Crippen LogP contribution in [0.5, 0.6) is 5.75 Å². The van der Waals surface area contributed by atoms with Crippen LogP contribution in [-0.2, 0) is 10.0 Å². The van der Waals surface area contributed by atoms with Gasteiger partial charge < -0.3 is 21.1 Å². The van der Waals surface area contributed by atoms with Crippen LogP contribution in [0.4, 0.5) is 17.1 Å². The summed E-state index contributed by atoms with van der Waals surface area (Å²) in [5.74, 6) is -0.630. The van der Waals surface area contributed by atoms with Gasteiger partial charge in [0.25, 0.3) is 5.91 Å². The zero-order chi connectivity index (χ0) is 22.6. The van der Waals surface area contributed by atoms with Gasteiger partial charge >= 0.3 is 0 Å². The topological polar surface area (TPSA) is 131 Å². The Kier molecular flexibility index (Phi) is 6.26. The fraction of sp³-hybridized carbons (Fsp3) is 0.0909. The number of benzene rings is 3. The highest BCUT2D eigenvalue weighted by Crippen LogP contribution is 2.28. The number of hydrogen-bond donors (Lipinski definition) is 5. The summed E-state index contributed by atoms with van der Waals surface area (Å²) in [5.41, 5.74) is 4.14. The van der Waals surface area contributed by atoms with Crippen LogP contribution in [0, 0.1) is 5.41 Å². The minimum atomic E-state index is -3.58. The smallest absolute Gasteiger partial charge is 0.255 e. The lowest BCUT2D eigenvalue weighted by Crippen LogP contribution is -2.13. The van der Waals surface area contributed by atoms with Crippen molar-refractivity contribution < 1.29 is 18.3 Å². The molecule has 0 aliphatic rings. The number of rotatable bonds is 7. The Bertz CT molecular complexity index is 1240. The van der Waals surface area contributed by atoms with Crippen molar-refractivity contribution in [1.29, 1.82) is 5.41 Å². The number of carbonyl (C=O) groups is 1. The Balaban J connectivity index is 1.78. The highest BCUT2D eigenvalue weighted by atomic mass is 32.2. The molecule has 0 aliphatic heterocycles. The van der Waals surface area contributed by atoms with E-state index in [1.165, 1.54) is 24.4 Å². The zero-order valence-corrected chi connectivity index (χ0v) is 17.7. The fourth-order valence-electron chi connectivity index (χ4n) is 3.00. The summed E-state index contributed by atoms with van der Waals surface area (Å²) in [5, 5.41) is 23.1. The second-order valence-corrected chi connectivity index (χ2v) is 8.58. The Labute approximate surface area is 180 Å². The van der Waals surface area contributed by atoms with Gasteiger partial charge in [0, 0.05) is 35.8 Å². The summed E-state index contributed by atoms with van der Waals surface area (Å²) >= 11 is 0. The summed E-state index contributed by atoms with van der Waals surface area (Å²) in [6.45, 7) is 0. The van der Waals surface area contributed by atoms with E-state index in [4.69, 9.17) is 5.41 Å². The molecule has 31 heavy (non-hydrogen) atoms. The van der Waals surface area contributed by atoms with Crippen molar-refractivity contribution in [2.24, 2.45) is 0 Å². The maximum atomic E-state index is 12.6. The number of nitrogens with one attached hydrogen (secondary N) is 4. The number of sulfonamides is 1. The molecule has 0 unspecified atom stereocenters. The number of aromatic hydroxyl groups is 1. The van der Waals surface area contributed by atoms with E-state index in [0.29, 0.717) is 11.3 Å². The number of hydrogen-bond acceptors (Lipinski definition) is 6. The molecule has 3 aromatic carbocycles. The van der Waals surface area contributed by atoms with Crippen LogP contribution in [0.25, 0.3) is 11.1 Å². The van der Waals surface area contributed by atoms with Crippen LogP contribution < -0.4 is 15.4 Å². The van der Waals surface area contributed by atoms with Crippen molar-refractivity contribution in [1.82, 2.24) is 0 Å². The van der Waals surface area contributed by atoms with Crippen LogP contribution >= 0.6 is 0 Å². The minimum Gasteiger partial charge on any atom is -0.506 e. The molecule has 0 fully saturated rings. The maximum Gasteiger partial charge on any atom is 0.255 e. The van der Waals surface area contributed by atoms with E-state index in [1.807, 2.05) is 30.3 Å². The van der Waals surface area contributed by atoms with E-state index in [1.54, 1.807) is 19.2 Å². The van der Waals surface area contributed by atoms with Gasteiger partial charge in [-0.3, -0.25) is 9.52 Å². The normalized spacial score (nSPS) is 10.9. The molecular weight excluding hydrogens is 416 g/mol. The highest BCUT2D eigenvalue weighted by Gasteiger charge is 2.11. The average molecular weight is 439 g/mol. The summed E-state index contributed by atoms with van der Waals surface area (Å²) in [6, 6.07) is 16.8. The van der Waals surface area contributed by atoms with Gasteiger partial charge in [-0.25, -0.2) is 8.42 Å². The van der Waals surface area contributed by atoms with Gasteiger partial charge in [-0.15, -0.1) is 0 Å². The number of anilines is 3. The number of phenolic OH excluding ortho intramolecular Hbond substituents is 1. The molecule has 9 heteroatoms. The first kappa shape index (κ1) is 21.8. The van der Waals surface area contributed by atoms with Crippen LogP contribution in [0.2, 0.25) is 0 Å². The van der Waals surface area contributed by atoms with E-state index < -0.39 is 10.0 Å². The second kappa shape index (κ2) is 8.88. The second-order valence-electron chi connectivity index (χ2n) is 6.83. The minimum absolute atomic E-state index is 0.0253. The summed E-state index contributed by atoms with van der Waals surface area (Å²) in [6.07, 6.45) is 2.25. The third-order valence-electron chi connectivity index (χ3n) is 4.51. The van der Waals surface area contributed by atoms with Gasteiger partial charge in [0.2, 0.25) is 10.0 Å². The van der Waals surface area contributed by atoms with Gasteiger partial charge in [0.15, 0.2) is 0 Å². The van der Waals surface area contributed by atoms with Crippen molar-refractivity contribution >= 4 is 39.2 Å². The lowest BCUT2D eigenvalue weighted by atomic mass is 10.0. The molecular formula is C22H22N4O4S. The number of phenols is 1. The summed E-state index contributed by atoms with van der Waals surface area (Å²) in [7, 11) is -1.78. The molecule has 1 amide bonds. The molecule has 3 aromatic rings. The third-order valence-corrected chi connectivity index (χ3v) is 5.10. The van der Waals surface area contributed by atoms with Crippen LogP contribution in [-0.4, -0.2) is 38.9 Å². The highest BCUT2D eigenvalue weighted by molar-refractivity contribution is 7.92. The van der Waals surface area contributed by atoms with Gasteiger partial charge in [0.05, 0.1) is 11.9 Å². The molecule has 3 rings (SSSR count). The lowest BCUT2D eigenvalue weighted by molar-refractivity contribution is 0.102. The molecule has 8 nitrogen and oxygen atoms in total. The monoisotopic (exact) mass is 438 g/mol. The molecule has 0 spiro atoms.